The van der Waals surface area contributed by atoms with Crippen molar-refractivity contribution in [1.29, 1.82) is 0 Å². The van der Waals surface area contributed by atoms with E-state index in [0.717, 1.165) is 0 Å². The van der Waals surface area contributed by atoms with Gasteiger partial charge in [-0.25, -0.2) is 15.0 Å². The van der Waals surface area contributed by atoms with Crippen molar-refractivity contribution < 1.29 is 18.0 Å². The molecule has 0 bridgehead atoms. The van der Waals surface area contributed by atoms with Crippen LogP contribution in [0.25, 0.3) is 22.4 Å². The van der Waals surface area contributed by atoms with Crippen molar-refractivity contribution in [3.63, 3.8) is 0 Å². The Labute approximate surface area is 173 Å². The second kappa shape index (κ2) is 7.71. The number of aromatic nitrogens is 5. The third-order valence-corrected chi connectivity index (χ3v) is 5.21. The fourth-order valence-corrected chi connectivity index (χ4v) is 3.76. The third kappa shape index (κ3) is 4.16. The average Bonchev–Trinajstić information content (AvgIpc) is 3.33. The van der Waals surface area contributed by atoms with Gasteiger partial charge in [0.2, 0.25) is 11.9 Å². The molecule has 4 rings (SSSR count). The Kier molecular flexibility index (Phi) is 5.22. The summed E-state index contributed by atoms with van der Waals surface area (Å²) in [4.78, 5) is 32.4. The predicted octanol–water partition coefficient (Wildman–Crippen LogP) is 3.47. The zero-order valence-corrected chi connectivity index (χ0v) is 16.3. The van der Waals surface area contributed by atoms with Gasteiger partial charge in [-0.3, -0.25) is 4.79 Å². The zero-order chi connectivity index (χ0) is 21.4. The number of carbonyl (C=O) groups excluding carboxylic acids is 1. The molecular weight excluding hydrogens is 423 g/mol. The summed E-state index contributed by atoms with van der Waals surface area (Å²) in [7, 11) is 0. The Morgan fingerprint density at radius 2 is 2.00 bits per heavy atom. The van der Waals surface area contributed by atoms with Gasteiger partial charge in [-0.2, -0.15) is 18.2 Å². The predicted molar refractivity (Wildman–Crippen MR) is 104 cm³/mol. The maximum Gasteiger partial charge on any atom is 0.405 e. The van der Waals surface area contributed by atoms with E-state index in [4.69, 9.17) is 11.6 Å². The molecule has 0 aliphatic heterocycles. The summed E-state index contributed by atoms with van der Waals surface area (Å²) in [5.41, 5.74) is 0.0325. The highest BCUT2D eigenvalue weighted by Crippen LogP contribution is 2.33. The Hall–Kier alpha value is -2.95. The largest absolute Gasteiger partial charge is 0.405 e. The van der Waals surface area contributed by atoms with Crippen LogP contribution < -0.4 is 10.6 Å². The van der Waals surface area contributed by atoms with Crippen molar-refractivity contribution in [1.82, 2.24) is 30.2 Å². The van der Waals surface area contributed by atoms with Crippen LogP contribution in [-0.4, -0.2) is 49.1 Å². The number of rotatable bonds is 5. The fraction of sp³-hybridized carbons (Fsp3) is 0.389. The molecule has 1 aliphatic rings. The number of hydrogen-bond donors (Lipinski definition) is 3. The average molecular weight is 440 g/mol. The molecule has 0 unspecified atom stereocenters. The van der Waals surface area contributed by atoms with Crippen LogP contribution in [0.3, 0.4) is 0 Å². The summed E-state index contributed by atoms with van der Waals surface area (Å²) < 4.78 is 37.6. The number of alkyl halides is 3. The van der Waals surface area contributed by atoms with Crippen molar-refractivity contribution in [2.75, 3.05) is 11.9 Å². The van der Waals surface area contributed by atoms with Crippen LogP contribution in [0.2, 0.25) is 5.02 Å². The zero-order valence-electron chi connectivity index (χ0n) is 15.6. The van der Waals surface area contributed by atoms with Gasteiger partial charge in [-0.05, 0) is 18.9 Å². The summed E-state index contributed by atoms with van der Waals surface area (Å²) in [6.45, 7) is -1.39. The summed E-state index contributed by atoms with van der Waals surface area (Å²) in [5.74, 6) is -0.303. The van der Waals surface area contributed by atoms with Gasteiger partial charge < -0.3 is 15.6 Å². The van der Waals surface area contributed by atoms with Crippen molar-refractivity contribution >= 4 is 34.5 Å². The van der Waals surface area contributed by atoms with Crippen LogP contribution in [0, 0.1) is 0 Å². The molecule has 0 radical (unpaired) electrons. The molecule has 1 amide bonds. The molecule has 1 saturated carbocycles. The lowest BCUT2D eigenvalue weighted by molar-refractivity contribution is -0.141. The number of fused-ring (bicyclic) bond motifs is 1. The standard InChI is InChI=1S/C18H17ClF3N7O/c19-10-5-11-12(7-24-13(11)23-6-10)14-26-9-27-16(28-14)29-17(3-1-2-4-17)15(30)25-8-18(20,21)22/h5-7,9H,1-4,8H2,(H,23,24)(H,25,30)(H,26,27,28,29). The maximum atomic E-state index is 12.6. The Morgan fingerprint density at radius 3 is 2.73 bits per heavy atom. The summed E-state index contributed by atoms with van der Waals surface area (Å²) in [6, 6.07) is 1.72. The minimum Gasteiger partial charge on any atom is -0.345 e. The number of anilines is 1. The van der Waals surface area contributed by atoms with Crippen LogP contribution in [0.5, 0.6) is 0 Å². The van der Waals surface area contributed by atoms with Crippen LogP contribution in [-0.2, 0) is 4.79 Å². The number of nitrogens with zero attached hydrogens (tertiary/aromatic N) is 4. The SMILES string of the molecule is O=C(NCC(F)(F)F)C1(Nc2ncnc(-c3c[nH]c4ncc(Cl)cc34)n2)CCCC1. The quantitative estimate of drug-likeness (QED) is 0.561. The summed E-state index contributed by atoms with van der Waals surface area (Å²) in [6.07, 6.45) is 2.14. The van der Waals surface area contributed by atoms with Gasteiger partial charge >= 0.3 is 6.18 Å². The van der Waals surface area contributed by atoms with E-state index in [9.17, 15) is 18.0 Å². The van der Waals surface area contributed by atoms with Crippen molar-refractivity contribution in [3.8, 4) is 11.4 Å². The topological polar surface area (TPSA) is 108 Å². The van der Waals surface area contributed by atoms with E-state index in [-0.39, 0.29) is 5.95 Å². The van der Waals surface area contributed by atoms with E-state index >= 15 is 0 Å². The number of aromatic amines is 1. The molecule has 30 heavy (non-hydrogen) atoms. The van der Waals surface area contributed by atoms with Crippen LogP contribution in [0.15, 0.2) is 24.8 Å². The van der Waals surface area contributed by atoms with Crippen LogP contribution >= 0.6 is 11.6 Å². The van der Waals surface area contributed by atoms with Gasteiger partial charge in [0.1, 0.15) is 24.1 Å². The van der Waals surface area contributed by atoms with E-state index in [2.05, 4.69) is 30.2 Å². The first-order chi connectivity index (χ1) is 14.3. The molecule has 12 heteroatoms. The molecule has 3 N–H and O–H groups in total. The smallest absolute Gasteiger partial charge is 0.345 e. The first kappa shape index (κ1) is 20.3. The third-order valence-electron chi connectivity index (χ3n) is 5.00. The lowest BCUT2D eigenvalue weighted by Crippen LogP contribution is -2.52. The van der Waals surface area contributed by atoms with E-state index in [1.54, 1.807) is 12.3 Å². The van der Waals surface area contributed by atoms with Crippen LogP contribution in [0.4, 0.5) is 19.1 Å². The minimum absolute atomic E-state index is 0.105. The van der Waals surface area contributed by atoms with Crippen molar-refractivity contribution in [2.24, 2.45) is 0 Å². The normalized spacial score (nSPS) is 16.0. The number of halogens is 4. The van der Waals surface area contributed by atoms with Gasteiger partial charge in [0.15, 0.2) is 5.82 Å². The highest BCUT2D eigenvalue weighted by atomic mass is 35.5. The molecule has 0 saturated heterocycles. The summed E-state index contributed by atoms with van der Waals surface area (Å²) >= 11 is 6.03. The lowest BCUT2D eigenvalue weighted by Gasteiger charge is -2.29. The Morgan fingerprint density at radius 1 is 1.23 bits per heavy atom. The van der Waals surface area contributed by atoms with Gasteiger partial charge in [0, 0.05) is 23.3 Å². The molecule has 3 aromatic heterocycles. The highest BCUT2D eigenvalue weighted by Gasteiger charge is 2.43. The molecule has 3 aromatic rings. The lowest BCUT2D eigenvalue weighted by atomic mass is 9.96. The molecule has 1 fully saturated rings. The number of nitrogens with one attached hydrogen (secondary N) is 3. The molecule has 0 aromatic carbocycles. The van der Waals surface area contributed by atoms with Crippen molar-refractivity contribution in [3.05, 3.63) is 29.8 Å². The molecule has 0 atom stereocenters. The van der Waals surface area contributed by atoms with E-state index in [1.807, 2.05) is 5.32 Å². The number of amides is 1. The molecule has 158 valence electrons. The number of carbonyl (C=O) groups is 1. The molecule has 8 nitrogen and oxygen atoms in total. The van der Waals surface area contributed by atoms with Gasteiger partial charge in [0.25, 0.3) is 0 Å². The van der Waals surface area contributed by atoms with E-state index in [0.29, 0.717) is 53.1 Å². The number of H-pyrrole nitrogens is 1. The molecule has 0 spiro atoms. The van der Waals surface area contributed by atoms with E-state index < -0.39 is 24.2 Å². The second-order valence-electron chi connectivity index (χ2n) is 7.10. The minimum atomic E-state index is -4.49. The Balaban J connectivity index is 1.61. The maximum absolute atomic E-state index is 12.6. The second-order valence-corrected chi connectivity index (χ2v) is 7.53. The fourth-order valence-electron chi connectivity index (χ4n) is 3.60. The Bertz CT molecular complexity index is 1080. The molecule has 1 aliphatic carbocycles. The van der Waals surface area contributed by atoms with Crippen LogP contribution in [0.1, 0.15) is 25.7 Å². The molecular formula is C18H17ClF3N7O. The highest BCUT2D eigenvalue weighted by molar-refractivity contribution is 6.31. The first-order valence-corrected chi connectivity index (χ1v) is 9.59. The van der Waals surface area contributed by atoms with Gasteiger partial charge in [0.05, 0.1) is 5.02 Å². The van der Waals surface area contributed by atoms with Gasteiger partial charge in [-0.15, -0.1) is 0 Å². The molecule has 3 heterocycles. The summed E-state index contributed by atoms with van der Waals surface area (Å²) in [5, 5.41) is 6.08. The van der Waals surface area contributed by atoms with Gasteiger partial charge in [-0.1, -0.05) is 24.4 Å². The first-order valence-electron chi connectivity index (χ1n) is 9.21. The van der Waals surface area contributed by atoms with E-state index in [1.165, 1.54) is 12.5 Å². The number of hydrogen-bond acceptors (Lipinski definition) is 6. The monoisotopic (exact) mass is 439 g/mol. The van der Waals surface area contributed by atoms with Crippen molar-refractivity contribution in [2.45, 2.75) is 37.4 Å². The number of pyridine rings is 1.